The summed E-state index contributed by atoms with van der Waals surface area (Å²) in [4.78, 5) is 21.2. The lowest BCUT2D eigenvalue weighted by molar-refractivity contribution is 0.0950. The van der Waals surface area contributed by atoms with Gasteiger partial charge in [0.05, 0.1) is 12.4 Å². The first-order valence-electron chi connectivity index (χ1n) is 12.6. The number of nitrogens with one attached hydrogen (secondary N) is 2. The van der Waals surface area contributed by atoms with Crippen LogP contribution in [0.2, 0.25) is 0 Å². The number of carbonyl (C=O) groups excluding carboxylic acids is 1. The Bertz CT molecular complexity index is 1360. The van der Waals surface area contributed by atoms with E-state index >= 15 is 0 Å². The van der Waals surface area contributed by atoms with E-state index in [4.69, 9.17) is 4.74 Å². The van der Waals surface area contributed by atoms with Crippen LogP contribution in [0.1, 0.15) is 54.9 Å². The van der Waals surface area contributed by atoms with Gasteiger partial charge in [0.2, 0.25) is 5.88 Å². The van der Waals surface area contributed by atoms with Crippen molar-refractivity contribution >= 4 is 17.4 Å². The SMILES string of the molecule is CC1CCC1.CNc1cc(Oc2cccnc2)nc2c(-c3ccc(C(=O)NC4CC4)c(C)c3)cnn12. The molecule has 2 aliphatic rings. The van der Waals surface area contributed by atoms with Gasteiger partial charge in [0.25, 0.3) is 5.91 Å². The quantitative estimate of drug-likeness (QED) is 0.368. The minimum atomic E-state index is -0.0193. The van der Waals surface area contributed by atoms with Crippen molar-refractivity contribution in [3.63, 3.8) is 0 Å². The fourth-order valence-electron chi connectivity index (χ4n) is 4.09. The van der Waals surface area contributed by atoms with Gasteiger partial charge in [0.15, 0.2) is 5.65 Å². The van der Waals surface area contributed by atoms with Crippen molar-refractivity contribution in [2.45, 2.75) is 52.0 Å². The summed E-state index contributed by atoms with van der Waals surface area (Å²) in [5, 5.41) is 10.7. The molecule has 0 spiro atoms. The van der Waals surface area contributed by atoms with Crippen molar-refractivity contribution < 1.29 is 9.53 Å². The summed E-state index contributed by atoms with van der Waals surface area (Å²) in [6, 6.07) is 11.5. The molecule has 6 rings (SSSR count). The molecule has 36 heavy (non-hydrogen) atoms. The molecule has 3 heterocycles. The van der Waals surface area contributed by atoms with E-state index in [-0.39, 0.29) is 5.91 Å². The van der Waals surface area contributed by atoms with Crippen LogP contribution >= 0.6 is 0 Å². The van der Waals surface area contributed by atoms with Crippen LogP contribution in [0.3, 0.4) is 0 Å². The number of benzene rings is 1. The van der Waals surface area contributed by atoms with E-state index in [9.17, 15) is 4.79 Å². The molecule has 1 aromatic carbocycles. The Balaban J connectivity index is 0.000000477. The first-order valence-corrected chi connectivity index (χ1v) is 12.6. The lowest BCUT2D eigenvalue weighted by Crippen LogP contribution is -2.26. The number of rotatable bonds is 6. The highest BCUT2D eigenvalue weighted by molar-refractivity contribution is 5.97. The third kappa shape index (κ3) is 5.32. The maximum atomic E-state index is 12.5. The molecule has 0 aliphatic heterocycles. The summed E-state index contributed by atoms with van der Waals surface area (Å²) in [6.45, 7) is 4.25. The van der Waals surface area contributed by atoms with E-state index in [0.717, 1.165) is 41.3 Å². The predicted molar refractivity (Wildman–Crippen MR) is 141 cm³/mol. The van der Waals surface area contributed by atoms with Gasteiger partial charge in [-0.2, -0.15) is 14.6 Å². The third-order valence-electron chi connectivity index (χ3n) is 6.65. The molecule has 0 unspecified atom stereocenters. The molecule has 8 nitrogen and oxygen atoms in total. The molecule has 3 aromatic heterocycles. The van der Waals surface area contributed by atoms with E-state index < -0.39 is 0 Å². The zero-order valence-corrected chi connectivity index (χ0v) is 21.0. The van der Waals surface area contributed by atoms with E-state index in [1.165, 1.54) is 19.3 Å². The van der Waals surface area contributed by atoms with E-state index in [2.05, 4.69) is 32.6 Å². The molecule has 0 bridgehead atoms. The van der Waals surface area contributed by atoms with Crippen molar-refractivity contribution in [3.05, 3.63) is 66.1 Å². The second-order valence-corrected chi connectivity index (χ2v) is 9.63. The van der Waals surface area contributed by atoms with Gasteiger partial charge in [0, 0.05) is 36.5 Å². The molecule has 0 saturated heterocycles. The number of hydrogen-bond acceptors (Lipinski definition) is 6. The third-order valence-corrected chi connectivity index (χ3v) is 6.65. The fraction of sp³-hybridized carbons (Fsp3) is 0.357. The second-order valence-electron chi connectivity index (χ2n) is 9.63. The summed E-state index contributed by atoms with van der Waals surface area (Å²) >= 11 is 0. The summed E-state index contributed by atoms with van der Waals surface area (Å²) in [7, 11) is 1.82. The Morgan fingerprint density at radius 1 is 1.11 bits per heavy atom. The molecule has 4 aromatic rings. The van der Waals surface area contributed by atoms with Crippen LogP contribution < -0.4 is 15.4 Å². The van der Waals surface area contributed by atoms with E-state index in [1.54, 1.807) is 35.2 Å². The average molecular weight is 485 g/mol. The Morgan fingerprint density at radius 2 is 1.92 bits per heavy atom. The lowest BCUT2D eigenvalue weighted by Gasteiger charge is -2.18. The number of ether oxygens (including phenoxy) is 1. The summed E-state index contributed by atoms with van der Waals surface area (Å²) < 4.78 is 7.63. The highest BCUT2D eigenvalue weighted by atomic mass is 16.5. The first kappa shape index (κ1) is 23.8. The van der Waals surface area contributed by atoms with Crippen LogP contribution in [-0.2, 0) is 0 Å². The van der Waals surface area contributed by atoms with Gasteiger partial charge in [-0.15, -0.1) is 0 Å². The molecule has 2 fully saturated rings. The molecule has 0 radical (unpaired) electrons. The van der Waals surface area contributed by atoms with E-state index in [1.807, 2.05) is 38.2 Å². The highest BCUT2D eigenvalue weighted by Gasteiger charge is 2.24. The van der Waals surface area contributed by atoms with Crippen LogP contribution in [-0.4, -0.2) is 38.6 Å². The van der Waals surface area contributed by atoms with Crippen LogP contribution in [0, 0.1) is 12.8 Å². The van der Waals surface area contributed by atoms with Crippen molar-refractivity contribution in [3.8, 4) is 22.8 Å². The smallest absolute Gasteiger partial charge is 0.251 e. The predicted octanol–water partition coefficient (Wildman–Crippen LogP) is 5.63. The molecular formula is C28H32N6O2. The van der Waals surface area contributed by atoms with Crippen molar-refractivity contribution in [1.82, 2.24) is 24.9 Å². The number of nitrogens with zero attached hydrogens (tertiary/aromatic N) is 4. The zero-order valence-electron chi connectivity index (χ0n) is 21.0. The lowest BCUT2D eigenvalue weighted by atomic mass is 9.88. The van der Waals surface area contributed by atoms with Crippen LogP contribution in [0.25, 0.3) is 16.8 Å². The second kappa shape index (κ2) is 10.4. The summed E-state index contributed by atoms with van der Waals surface area (Å²) in [5.41, 5.74) is 4.04. The molecule has 2 aliphatic carbocycles. The van der Waals surface area contributed by atoms with Crippen molar-refractivity contribution in [2.24, 2.45) is 5.92 Å². The minimum absolute atomic E-state index is 0.0193. The molecule has 186 valence electrons. The van der Waals surface area contributed by atoms with Crippen molar-refractivity contribution in [2.75, 3.05) is 12.4 Å². The van der Waals surface area contributed by atoms with Gasteiger partial charge in [-0.3, -0.25) is 9.78 Å². The topological polar surface area (TPSA) is 93.4 Å². The first-order chi connectivity index (χ1) is 17.5. The minimum Gasteiger partial charge on any atom is -0.437 e. The van der Waals surface area contributed by atoms with Gasteiger partial charge in [-0.25, -0.2) is 0 Å². The fourth-order valence-corrected chi connectivity index (χ4v) is 4.09. The number of amides is 1. The summed E-state index contributed by atoms with van der Waals surface area (Å²) in [6.07, 6.45) is 11.7. The molecule has 0 atom stereocenters. The van der Waals surface area contributed by atoms with Gasteiger partial charge in [0.1, 0.15) is 11.6 Å². The monoisotopic (exact) mass is 484 g/mol. The summed E-state index contributed by atoms with van der Waals surface area (Å²) in [5.74, 6) is 2.82. The molecule has 1 amide bonds. The average Bonchev–Trinajstić information content (AvgIpc) is 3.58. The number of aromatic nitrogens is 4. The van der Waals surface area contributed by atoms with Crippen molar-refractivity contribution in [1.29, 1.82) is 0 Å². The molecule has 2 saturated carbocycles. The Morgan fingerprint density at radius 3 is 2.53 bits per heavy atom. The standard InChI is InChI=1S/C23H22N6O2.C5H10/c1-14-10-15(5-8-18(14)23(30)27-16-6-7-16)19-13-26-29-20(24-2)11-21(28-22(19)29)31-17-4-3-9-25-12-17;1-5-3-2-4-5/h3-5,8-13,16,24H,6-7H2,1-2H3,(H,27,30);5H,2-4H2,1H3. The number of hydrogen-bond donors (Lipinski definition) is 2. The number of carbonyl (C=O) groups is 1. The highest BCUT2D eigenvalue weighted by Crippen LogP contribution is 2.30. The largest absolute Gasteiger partial charge is 0.437 e. The van der Waals surface area contributed by atoms with Gasteiger partial charge >= 0.3 is 0 Å². The number of fused-ring (bicyclic) bond motifs is 1. The van der Waals surface area contributed by atoms with Crippen LogP contribution in [0.5, 0.6) is 11.6 Å². The maximum absolute atomic E-state index is 12.5. The Hall–Kier alpha value is -3.94. The van der Waals surface area contributed by atoms with Gasteiger partial charge in [-0.05, 0) is 55.0 Å². The molecule has 2 N–H and O–H groups in total. The maximum Gasteiger partial charge on any atom is 0.251 e. The molecule has 8 heteroatoms. The molecular weight excluding hydrogens is 452 g/mol. The number of aryl methyl sites for hydroxylation is 1. The van der Waals surface area contributed by atoms with Gasteiger partial charge in [-0.1, -0.05) is 38.3 Å². The Labute approximate surface area is 211 Å². The number of pyridine rings is 1. The normalized spacial score (nSPS) is 15.0. The van der Waals surface area contributed by atoms with Gasteiger partial charge < -0.3 is 15.4 Å². The van der Waals surface area contributed by atoms with E-state index in [0.29, 0.717) is 28.9 Å². The number of anilines is 1. The zero-order chi connectivity index (χ0) is 25.1. The van der Waals surface area contributed by atoms with Crippen LogP contribution in [0.15, 0.2) is 55.0 Å². The Kier molecular flexibility index (Phi) is 6.84. The van der Waals surface area contributed by atoms with Crippen LogP contribution in [0.4, 0.5) is 5.82 Å².